The molecule has 2 aliphatic heterocycles. The van der Waals surface area contributed by atoms with E-state index < -0.39 is 0 Å². The van der Waals surface area contributed by atoms with Crippen molar-refractivity contribution in [1.82, 2.24) is 20.4 Å². The number of amides is 1. The minimum Gasteiger partial charge on any atom is -0.381 e. The molecule has 4 aliphatic rings. The summed E-state index contributed by atoms with van der Waals surface area (Å²) in [6, 6.07) is 4.48. The lowest BCUT2D eigenvalue weighted by atomic mass is 10.00. The smallest absolute Gasteiger partial charge is 0.272 e. The largest absolute Gasteiger partial charge is 0.381 e. The third kappa shape index (κ3) is 4.30. The first kappa shape index (κ1) is 18.3. The van der Waals surface area contributed by atoms with Gasteiger partial charge in [0.1, 0.15) is 5.82 Å². The van der Waals surface area contributed by atoms with Crippen molar-refractivity contribution in [1.29, 1.82) is 0 Å². The normalized spacial score (nSPS) is 30.9. The van der Waals surface area contributed by atoms with Gasteiger partial charge in [0, 0.05) is 44.9 Å². The molecule has 4 fully saturated rings. The zero-order valence-corrected chi connectivity index (χ0v) is 16.5. The lowest BCUT2D eigenvalue weighted by molar-refractivity contribution is 0.0545. The topological polar surface area (TPSA) is 79.4 Å². The van der Waals surface area contributed by atoms with Gasteiger partial charge >= 0.3 is 0 Å². The first-order valence-corrected chi connectivity index (χ1v) is 10.9. The Bertz CT molecular complexity index is 673. The first-order valence-electron chi connectivity index (χ1n) is 10.9. The molecular weight excluding hydrogens is 354 g/mol. The molecule has 28 heavy (non-hydrogen) atoms. The van der Waals surface area contributed by atoms with Gasteiger partial charge in [0.05, 0.1) is 0 Å². The van der Waals surface area contributed by atoms with Gasteiger partial charge in [0.2, 0.25) is 0 Å². The van der Waals surface area contributed by atoms with E-state index in [1.54, 1.807) is 6.07 Å². The lowest BCUT2D eigenvalue weighted by Crippen LogP contribution is -2.32. The second-order valence-electron chi connectivity index (χ2n) is 9.16. The Morgan fingerprint density at radius 1 is 1.04 bits per heavy atom. The number of hydrogen-bond acceptors (Lipinski definition) is 6. The molecule has 3 atom stereocenters. The van der Waals surface area contributed by atoms with Crippen molar-refractivity contribution in [2.45, 2.75) is 50.6 Å². The molecule has 5 rings (SSSR count). The molecule has 0 radical (unpaired) electrons. The van der Waals surface area contributed by atoms with E-state index in [9.17, 15) is 4.79 Å². The molecule has 0 aromatic carbocycles. The van der Waals surface area contributed by atoms with Crippen LogP contribution in [0.3, 0.4) is 0 Å². The molecular formula is C21H31N5O2. The standard InChI is InChI=1S/C21H31N5O2/c27-21(23-17-1-2-17)19-3-4-20(25-24-19)22-18-9-15-12-26(13-16(15)10-18)11-14-5-7-28-8-6-14/h3-4,14-18H,1-2,5-13H2,(H,22,25)(H,23,27)/t15-,16+,18-. The van der Waals surface area contributed by atoms with Crippen LogP contribution in [0.15, 0.2) is 12.1 Å². The fourth-order valence-corrected chi connectivity index (χ4v) is 5.18. The Morgan fingerprint density at radius 2 is 1.79 bits per heavy atom. The van der Waals surface area contributed by atoms with E-state index in [0.29, 0.717) is 17.8 Å². The molecule has 7 nitrogen and oxygen atoms in total. The Hall–Kier alpha value is -1.73. The van der Waals surface area contributed by atoms with Crippen molar-refractivity contribution >= 4 is 11.7 Å². The van der Waals surface area contributed by atoms with Gasteiger partial charge in [-0.2, -0.15) is 0 Å². The highest BCUT2D eigenvalue weighted by atomic mass is 16.5. The summed E-state index contributed by atoms with van der Waals surface area (Å²) in [7, 11) is 0. The van der Waals surface area contributed by atoms with Gasteiger partial charge in [-0.25, -0.2) is 0 Å². The summed E-state index contributed by atoms with van der Waals surface area (Å²) in [5.74, 6) is 3.10. The maximum absolute atomic E-state index is 12.0. The van der Waals surface area contributed by atoms with Gasteiger partial charge in [0.15, 0.2) is 5.69 Å². The van der Waals surface area contributed by atoms with E-state index in [4.69, 9.17) is 4.74 Å². The predicted octanol–water partition coefficient (Wildman–Crippen LogP) is 1.92. The average molecular weight is 386 g/mol. The number of rotatable bonds is 6. The van der Waals surface area contributed by atoms with Gasteiger partial charge in [-0.3, -0.25) is 4.79 Å². The van der Waals surface area contributed by atoms with Crippen LogP contribution in [0, 0.1) is 17.8 Å². The summed E-state index contributed by atoms with van der Waals surface area (Å²) in [4.78, 5) is 14.7. The van der Waals surface area contributed by atoms with Crippen LogP contribution >= 0.6 is 0 Å². The number of nitrogens with one attached hydrogen (secondary N) is 2. The molecule has 1 aromatic heterocycles. The van der Waals surface area contributed by atoms with E-state index in [1.165, 1.54) is 45.3 Å². The van der Waals surface area contributed by atoms with Gasteiger partial charge in [0.25, 0.3) is 5.91 Å². The molecule has 2 N–H and O–H groups in total. The number of carbonyl (C=O) groups excluding carboxylic acids is 1. The van der Waals surface area contributed by atoms with Crippen LogP contribution in [0.1, 0.15) is 49.0 Å². The van der Waals surface area contributed by atoms with E-state index >= 15 is 0 Å². The highest BCUT2D eigenvalue weighted by Gasteiger charge is 2.41. The maximum Gasteiger partial charge on any atom is 0.272 e. The van der Waals surface area contributed by atoms with Crippen LogP contribution in [-0.2, 0) is 4.74 Å². The van der Waals surface area contributed by atoms with Crippen LogP contribution < -0.4 is 10.6 Å². The third-order valence-corrected chi connectivity index (χ3v) is 6.85. The number of aromatic nitrogens is 2. The van der Waals surface area contributed by atoms with Crippen LogP contribution in [0.4, 0.5) is 5.82 Å². The number of anilines is 1. The molecule has 0 spiro atoms. The van der Waals surface area contributed by atoms with Crippen molar-refractivity contribution < 1.29 is 9.53 Å². The Labute approximate surface area is 166 Å². The Balaban J connectivity index is 1.08. The second kappa shape index (κ2) is 7.95. The summed E-state index contributed by atoms with van der Waals surface area (Å²) < 4.78 is 5.49. The molecule has 1 aromatic rings. The van der Waals surface area contributed by atoms with Gasteiger partial charge in [-0.15, -0.1) is 10.2 Å². The van der Waals surface area contributed by atoms with E-state index in [2.05, 4.69) is 25.7 Å². The molecule has 152 valence electrons. The maximum atomic E-state index is 12.0. The number of ether oxygens (including phenoxy) is 1. The molecule has 3 heterocycles. The summed E-state index contributed by atoms with van der Waals surface area (Å²) in [5.41, 5.74) is 0.407. The number of hydrogen-bond donors (Lipinski definition) is 2. The van der Waals surface area contributed by atoms with Crippen LogP contribution in [0.2, 0.25) is 0 Å². The SMILES string of the molecule is O=C(NC1CC1)c1ccc(N[C@@H]2C[C@@H]3CN(CC4CCOCC4)C[C@@H]3C2)nn1. The van der Waals surface area contributed by atoms with Crippen molar-refractivity contribution in [2.24, 2.45) is 17.8 Å². The molecule has 0 unspecified atom stereocenters. The molecule has 2 saturated heterocycles. The highest BCUT2D eigenvalue weighted by Crippen LogP contribution is 2.39. The average Bonchev–Trinajstić information content (AvgIpc) is 3.33. The zero-order chi connectivity index (χ0) is 18.9. The number of fused-ring (bicyclic) bond motifs is 1. The minimum atomic E-state index is -0.110. The molecule has 7 heteroatoms. The Kier molecular flexibility index (Phi) is 5.20. The van der Waals surface area contributed by atoms with Crippen LogP contribution in [-0.4, -0.2) is 65.9 Å². The fourth-order valence-electron chi connectivity index (χ4n) is 5.18. The number of carbonyl (C=O) groups is 1. The Morgan fingerprint density at radius 3 is 2.43 bits per heavy atom. The second-order valence-corrected chi connectivity index (χ2v) is 9.16. The van der Waals surface area contributed by atoms with Crippen molar-refractivity contribution in [2.75, 3.05) is 38.2 Å². The van der Waals surface area contributed by atoms with Crippen LogP contribution in [0.25, 0.3) is 0 Å². The molecule has 0 bridgehead atoms. The molecule has 2 saturated carbocycles. The summed E-state index contributed by atoms with van der Waals surface area (Å²) >= 11 is 0. The van der Waals surface area contributed by atoms with E-state index in [1.807, 2.05) is 6.07 Å². The monoisotopic (exact) mass is 385 g/mol. The lowest BCUT2D eigenvalue weighted by Gasteiger charge is -2.27. The van der Waals surface area contributed by atoms with E-state index in [-0.39, 0.29) is 5.91 Å². The van der Waals surface area contributed by atoms with Gasteiger partial charge in [-0.05, 0) is 68.4 Å². The summed E-state index contributed by atoms with van der Waals surface area (Å²) in [6.07, 6.45) is 7.03. The number of likely N-dealkylation sites (tertiary alicyclic amines) is 1. The number of nitrogens with zero attached hydrogens (tertiary/aromatic N) is 3. The third-order valence-electron chi connectivity index (χ3n) is 6.85. The summed E-state index contributed by atoms with van der Waals surface area (Å²) in [5, 5.41) is 14.8. The first-order chi connectivity index (χ1) is 13.7. The van der Waals surface area contributed by atoms with Crippen molar-refractivity contribution in [3.63, 3.8) is 0 Å². The summed E-state index contributed by atoms with van der Waals surface area (Å²) in [6.45, 7) is 5.63. The van der Waals surface area contributed by atoms with Crippen LogP contribution in [0.5, 0.6) is 0 Å². The fraction of sp³-hybridized carbons (Fsp3) is 0.762. The zero-order valence-electron chi connectivity index (χ0n) is 16.5. The van der Waals surface area contributed by atoms with E-state index in [0.717, 1.165) is 49.6 Å². The quantitative estimate of drug-likeness (QED) is 0.779. The van der Waals surface area contributed by atoms with Gasteiger partial charge in [-0.1, -0.05) is 0 Å². The highest BCUT2D eigenvalue weighted by molar-refractivity contribution is 5.92. The predicted molar refractivity (Wildman–Crippen MR) is 106 cm³/mol. The van der Waals surface area contributed by atoms with Gasteiger partial charge < -0.3 is 20.3 Å². The van der Waals surface area contributed by atoms with Crippen molar-refractivity contribution in [3.8, 4) is 0 Å². The minimum absolute atomic E-state index is 0.110. The molecule has 1 amide bonds. The van der Waals surface area contributed by atoms with Crippen molar-refractivity contribution in [3.05, 3.63) is 17.8 Å². The molecule has 2 aliphatic carbocycles.